The lowest BCUT2D eigenvalue weighted by atomic mass is 9.76. The van der Waals surface area contributed by atoms with E-state index in [9.17, 15) is 4.79 Å². The highest BCUT2D eigenvalue weighted by Crippen LogP contribution is 2.35. The van der Waals surface area contributed by atoms with Gasteiger partial charge >= 0.3 is 0 Å². The second-order valence-corrected chi connectivity index (χ2v) is 4.65. The maximum atomic E-state index is 11.7. The van der Waals surface area contributed by atoms with Gasteiger partial charge in [-0.2, -0.15) is 11.3 Å². The van der Waals surface area contributed by atoms with Gasteiger partial charge in [0.15, 0.2) is 0 Å². The van der Waals surface area contributed by atoms with Gasteiger partial charge in [-0.05, 0) is 41.1 Å². The lowest BCUT2D eigenvalue weighted by Gasteiger charge is -2.26. The minimum atomic E-state index is 0.194. The van der Waals surface area contributed by atoms with Crippen molar-refractivity contribution in [1.82, 2.24) is 0 Å². The van der Waals surface area contributed by atoms with E-state index >= 15 is 0 Å². The molecule has 1 saturated carbocycles. The first-order valence-electron chi connectivity index (χ1n) is 4.84. The Labute approximate surface area is 82.8 Å². The van der Waals surface area contributed by atoms with Gasteiger partial charge in [-0.3, -0.25) is 4.79 Å². The van der Waals surface area contributed by atoms with Crippen molar-refractivity contribution in [3.8, 4) is 0 Å². The van der Waals surface area contributed by atoms with E-state index in [1.165, 1.54) is 12.0 Å². The first kappa shape index (κ1) is 8.95. The molecule has 1 aromatic heterocycles. The lowest BCUT2D eigenvalue weighted by molar-refractivity contribution is -0.123. The fraction of sp³-hybridized carbons (Fsp3) is 0.545. The number of carbonyl (C=O) groups is 1. The topological polar surface area (TPSA) is 17.1 Å². The number of thiophene rings is 1. The van der Waals surface area contributed by atoms with Crippen LogP contribution in [0, 0.1) is 5.92 Å². The van der Waals surface area contributed by atoms with Crippen molar-refractivity contribution in [3.63, 3.8) is 0 Å². The summed E-state index contributed by atoms with van der Waals surface area (Å²) in [5.41, 5.74) is 1.24. The molecule has 1 fully saturated rings. The van der Waals surface area contributed by atoms with Crippen LogP contribution in [0.3, 0.4) is 0 Å². The molecule has 0 aliphatic heterocycles. The van der Waals surface area contributed by atoms with E-state index in [1.54, 1.807) is 11.3 Å². The van der Waals surface area contributed by atoms with Crippen LogP contribution in [0.2, 0.25) is 0 Å². The molecule has 0 bridgehead atoms. The van der Waals surface area contributed by atoms with Gasteiger partial charge < -0.3 is 0 Å². The van der Waals surface area contributed by atoms with Gasteiger partial charge in [0.05, 0.1) is 0 Å². The molecule has 2 rings (SSSR count). The normalized spacial score (nSPS) is 29.2. The Morgan fingerprint density at radius 3 is 3.00 bits per heavy atom. The molecule has 2 atom stereocenters. The van der Waals surface area contributed by atoms with Crippen molar-refractivity contribution in [3.05, 3.63) is 22.4 Å². The van der Waals surface area contributed by atoms with Crippen molar-refractivity contribution < 1.29 is 4.79 Å². The quantitative estimate of drug-likeness (QED) is 0.671. The third-order valence-electron chi connectivity index (χ3n) is 2.90. The van der Waals surface area contributed by atoms with Crippen molar-refractivity contribution in [1.29, 1.82) is 0 Å². The number of hydrogen-bond donors (Lipinski definition) is 0. The zero-order valence-electron chi connectivity index (χ0n) is 7.82. The Balaban J connectivity index is 2.24. The summed E-state index contributed by atoms with van der Waals surface area (Å²) in [5.74, 6) is 1.17. The molecule has 0 spiro atoms. The van der Waals surface area contributed by atoms with Crippen LogP contribution in [0.25, 0.3) is 0 Å². The van der Waals surface area contributed by atoms with Gasteiger partial charge in [-0.25, -0.2) is 0 Å². The largest absolute Gasteiger partial charge is 0.299 e. The second kappa shape index (κ2) is 3.62. The predicted octanol–water partition coefficient (Wildman–Crippen LogP) is 3.22. The minimum Gasteiger partial charge on any atom is -0.299 e. The van der Waals surface area contributed by atoms with E-state index in [1.807, 2.05) is 0 Å². The highest BCUT2D eigenvalue weighted by Gasteiger charge is 2.29. The first-order chi connectivity index (χ1) is 6.29. The van der Waals surface area contributed by atoms with E-state index in [2.05, 4.69) is 23.8 Å². The van der Waals surface area contributed by atoms with E-state index in [4.69, 9.17) is 0 Å². The summed E-state index contributed by atoms with van der Waals surface area (Å²) in [4.78, 5) is 11.7. The molecule has 0 N–H and O–H groups in total. The number of carbonyl (C=O) groups excluding carboxylic acids is 1. The molecule has 70 valence electrons. The van der Waals surface area contributed by atoms with Gasteiger partial charge in [-0.1, -0.05) is 6.92 Å². The highest BCUT2D eigenvalue weighted by atomic mass is 32.1. The molecule has 1 aliphatic rings. The third-order valence-corrected chi connectivity index (χ3v) is 3.60. The summed E-state index contributed by atoms with van der Waals surface area (Å²) < 4.78 is 0. The monoisotopic (exact) mass is 194 g/mol. The van der Waals surface area contributed by atoms with E-state index in [-0.39, 0.29) is 5.92 Å². The van der Waals surface area contributed by atoms with Gasteiger partial charge in [0.2, 0.25) is 0 Å². The number of hydrogen-bond acceptors (Lipinski definition) is 2. The zero-order chi connectivity index (χ0) is 9.26. The molecular weight excluding hydrogens is 180 g/mol. The van der Waals surface area contributed by atoms with Gasteiger partial charge in [0, 0.05) is 12.3 Å². The van der Waals surface area contributed by atoms with Crippen LogP contribution in [0.1, 0.15) is 37.7 Å². The molecule has 2 unspecified atom stereocenters. The van der Waals surface area contributed by atoms with Gasteiger partial charge in [0.25, 0.3) is 0 Å². The molecule has 13 heavy (non-hydrogen) atoms. The zero-order valence-corrected chi connectivity index (χ0v) is 8.64. The Bertz CT molecular complexity index is 289. The molecule has 1 aliphatic carbocycles. The molecule has 1 heterocycles. The van der Waals surface area contributed by atoms with Crippen LogP contribution in [0.15, 0.2) is 16.8 Å². The van der Waals surface area contributed by atoms with Crippen LogP contribution in [0.5, 0.6) is 0 Å². The van der Waals surface area contributed by atoms with E-state index in [0.717, 1.165) is 12.8 Å². The van der Waals surface area contributed by atoms with Crippen molar-refractivity contribution in [2.75, 3.05) is 0 Å². The summed E-state index contributed by atoms with van der Waals surface area (Å²) in [5, 5.41) is 4.17. The average Bonchev–Trinajstić information content (AvgIpc) is 2.57. The van der Waals surface area contributed by atoms with Crippen molar-refractivity contribution >= 4 is 17.1 Å². The molecule has 0 saturated heterocycles. The first-order valence-corrected chi connectivity index (χ1v) is 5.78. The smallest absolute Gasteiger partial charge is 0.140 e. The second-order valence-electron chi connectivity index (χ2n) is 3.87. The molecule has 0 radical (unpaired) electrons. The van der Waals surface area contributed by atoms with E-state index in [0.29, 0.717) is 11.7 Å². The van der Waals surface area contributed by atoms with E-state index < -0.39 is 0 Å². The standard InChI is InChI=1S/C11H14OS/c1-8-3-2-4-10(12)11(8)9-5-6-13-7-9/h5-8,11H,2-4H2,1H3. The van der Waals surface area contributed by atoms with Crippen molar-refractivity contribution in [2.24, 2.45) is 5.92 Å². The maximum absolute atomic E-state index is 11.7. The third kappa shape index (κ3) is 1.68. The Morgan fingerprint density at radius 1 is 1.54 bits per heavy atom. The maximum Gasteiger partial charge on any atom is 0.140 e. The number of ketones is 1. The van der Waals surface area contributed by atoms with Crippen LogP contribution in [0.4, 0.5) is 0 Å². The Hall–Kier alpha value is -0.630. The van der Waals surface area contributed by atoms with Gasteiger partial charge in [-0.15, -0.1) is 0 Å². The van der Waals surface area contributed by atoms with Crippen LogP contribution < -0.4 is 0 Å². The van der Waals surface area contributed by atoms with Crippen LogP contribution >= 0.6 is 11.3 Å². The molecule has 1 aromatic rings. The Kier molecular flexibility index (Phi) is 2.49. The minimum absolute atomic E-state index is 0.194. The SMILES string of the molecule is CC1CCCC(=O)C1c1ccsc1. The van der Waals surface area contributed by atoms with Crippen LogP contribution in [-0.4, -0.2) is 5.78 Å². The molecule has 1 nitrogen and oxygen atoms in total. The van der Waals surface area contributed by atoms with Crippen LogP contribution in [-0.2, 0) is 4.79 Å². The average molecular weight is 194 g/mol. The molecule has 2 heteroatoms. The summed E-state index contributed by atoms with van der Waals surface area (Å²) >= 11 is 1.69. The Morgan fingerprint density at radius 2 is 2.38 bits per heavy atom. The number of rotatable bonds is 1. The predicted molar refractivity (Wildman–Crippen MR) is 55.1 cm³/mol. The fourth-order valence-electron chi connectivity index (χ4n) is 2.20. The van der Waals surface area contributed by atoms with Gasteiger partial charge in [0.1, 0.15) is 5.78 Å². The summed E-state index contributed by atoms with van der Waals surface area (Å²) in [6, 6.07) is 2.09. The fourth-order valence-corrected chi connectivity index (χ4v) is 2.90. The van der Waals surface area contributed by atoms with Crippen molar-refractivity contribution in [2.45, 2.75) is 32.1 Å². The highest BCUT2D eigenvalue weighted by molar-refractivity contribution is 7.08. The lowest BCUT2D eigenvalue weighted by Crippen LogP contribution is -2.24. The summed E-state index contributed by atoms with van der Waals surface area (Å²) in [6.07, 6.45) is 3.07. The summed E-state index contributed by atoms with van der Waals surface area (Å²) in [6.45, 7) is 2.19. The number of Topliss-reactive ketones (excluding diaryl/α,β-unsaturated/α-hetero) is 1. The molecule has 0 aromatic carbocycles. The molecule has 0 amide bonds. The molecular formula is C11H14OS. The summed E-state index contributed by atoms with van der Waals surface area (Å²) in [7, 11) is 0.